The molecule has 0 aliphatic carbocycles. The van der Waals surface area contributed by atoms with Crippen molar-refractivity contribution in [3.05, 3.63) is 76.4 Å². The van der Waals surface area contributed by atoms with Gasteiger partial charge in [-0.15, -0.1) is 0 Å². The number of hydrogen-bond acceptors (Lipinski definition) is 8. The molecule has 2 atom stereocenters. The van der Waals surface area contributed by atoms with Crippen LogP contribution < -0.4 is 15.5 Å². The molecule has 0 saturated carbocycles. The topological polar surface area (TPSA) is 133 Å². The van der Waals surface area contributed by atoms with Crippen molar-refractivity contribution in [1.29, 1.82) is 0 Å². The van der Waals surface area contributed by atoms with Crippen molar-refractivity contribution < 1.29 is 14.0 Å². The molecule has 1 N–H and O–H groups in total. The largest absolute Gasteiger partial charge is 0.355 e. The molecular weight excluding hydrogens is 601 g/mol. The number of fused-ring (bicyclic) bond motifs is 3. The first-order valence-corrected chi connectivity index (χ1v) is 15.5. The molecule has 13 heteroatoms. The molecule has 47 heavy (non-hydrogen) atoms. The minimum atomic E-state index is -0.938. The number of benzene rings is 1. The molecular formula is C34H34FN9O3. The van der Waals surface area contributed by atoms with Crippen LogP contribution in [0.15, 0.2) is 48.0 Å². The normalized spacial score (nSPS) is 17.9. The molecule has 0 spiro atoms. The van der Waals surface area contributed by atoms with Crippen LogP contribution >= 0.6 is 0 Å². The Bertz CT molecular complexity index is 2220. The summed E-state index contributed by atoms with van der Waals surface area (Å²) in [7, 11) is 1.50. The van der Waals surface area contributed by atoms with Crippen LogP contribution in [0.4, 0.5) is 15.9 Å². The zero-order valence-corrected chi connectivity index (χ0v) is 27.0. The maximum Gasteiger partial charge on any atom is 0.355 e. The summed E-state index contributed by atoms with van der Waals surface area (Å²) in [5.41, 5.74) is 3.20. The molecule has 2 unspecified atom stereocenters. The van der Waals surface area contributed by atoms with Gasteiger partial charge in [0, 0.05) is 36.8 Å². The fourth-order valence-corrected chi connectivity index (χ4v) is 6.99. The Morgan fingerprint density at radius 2 is 1.87 bits per heavy atom. The minimum Gasteiger partial charge on any atom is -0.340 e. The number of piperazine rings is 1. The van der Waals surface area contributed by atoms with Crippen LogP contribution in [0.5, 0.6) is 0 Å². The van der Waals surface area contributed by atoms with E-state index in [0.29, 0.717) is 27.8 Å². The van der Waals surface area contributed by atoms with Gasteiger partial charge in [-0.3, -0.25) is 19.7 Å². The quantitative estimate of drug-likeness (QED) is 0.291. The minimum absolute atomic E-state index is 0.00396. The lowest BCUT2D eigenvalue weighted by Crippen LogP contribution is -2.63. The molecule has 0 radical (unpaired) electrons. The Hall–Kier alpha value is -5.46. The number of H-pyrrole nitrogens is 1. The molecule has 1 fully saturated rings. The summed E-state index contributed by atoms with van der Waals surface area (Å²) in [6, 6.07) is 4.20. The molecule has 4 aromatic heterocycles. The summed E-state index contributed by atoms with van der Waals surface area (Å²) < 4.78 is 18.7. The van der Waals surface area contributed by atoms with Crippen molar-refractivity contribution in [3.63, 3.8) is 0 Å². The Morgan fingerprint density at radius 3 is 2.60 bits per heavy atom. The average Bonchev–Trinajstić information content (AvgIpc) is 3.50. The number of hydrogen-bond donors (Lipinski definition) is 1. The number of nitrogens with one attached hydrogen (secondary N) is 1. The van der Waals surface area contributed by atoms with Crippen molar-refractivity contribution in [3.8, 4) is 16.9 Å². The maximum atomic E-state index is 17.3. The van der Waals surface area contributed by atoms with Gasteiger partial charge < -0.3 is 14.7 Å². The lowest BCUT2D eigenvalue weighted by molar-refractivity contribution is -0.130. The standard InChI is InChI=1S/C34H34FN9O3/c1-8-23(45)42-15-22-33(46)41(7)30-25-31(43(22)14-19(42)6)39-34(47)44(29-18(5)11-12-36-27(29)16(2)3)32(25)38-28(26(30)35)24-17(4)9-10-21-20(24)13-37-40-21/h8-13,16,19,22H,1,14-15H2,2-7H3,(H,37,40). The van der Waals surface area contributed by atoms with Gasteiger partial charge in [0.05, 0.1) is 40.7 Å². The van der Waals surface area contributed by atoms with Crippen LogP contribution in [0.25, 0.3) is 38.9 Å². The third-order valence-corrected chi connectivity index (χ3v) is 9.34. The number of aromatic amines is 1. The molecule has 2 aliphatic rings. The highest BCUT2D eigenvalue weighted by Gasteiger charge is 2.45. The first-order valence-electron chi connectivity index (χ1n) is 15.5. The molecule has 240 valence electrons. The first-order chi connectivity index (χ1) is 22.4. The van der Waals surface area contributed by atoms with Gasteiger partial charge in [-0.05, 0) is 56.0 Å². The Kier molecular flexibility index (Phi) is 6.95. The van der Waals surface area contributed by atoms with E-state index in [1.54, 1.807) is 28.3 Å². The molecule has 5 aromatic rings. The highest BCUT2D eigenvalue weighted by molar-refractivity contribution is 6.13. The third kappa shape index (κ3) is 4.36. The Labute approximate surface area is 269 Å². The number of nitrogens with zero attached hydrogens (tertiary/aromatic N) is 8. The molecule has 2 amide bonds. The molecule has 2 aliphatic heterocycles. The zero-order chi connectivity index (χ0) is 33.5. The number of anilines is 2. The predicted molar refractivity (Wildman–Crippen MR) is 177 cm³/mol. The van der Waals surface area contributed by atoms with E-state index in [1.165, 1.54) is 22.6 Å². The van der Waals surface area contributed by atoms with Gasteiger partial charge >= 0.3 is 5.69 Å². The summed E-state index contributed by atoms with van der Waals surface area (Å²) in [5, 5.41) is 7.97. The summed E-state index contributed by atoms with van der Waals surface area (Å²) in [4.78, 5) is 60.2. The lowest BCUT2D eigenvalue weighted by Gasteiger charge is -2.44. The second-order valence-electron chi connectivity index (χ2n) is 12.6. The highest BCUT2D eigenvalue weighted by Crippen LogP contribution is 2.44. The van der Waals surface area contributed by atoms with Crippen molar-refractivity contribution in [2.24, 2.45) is 0 Å². The summed E-state index contributed by atoms with van der Waals surface area (Å²) >= 11 is 0. The van der Waals surface area contributed by atoms with E-state index in [2.05, 4.69) is 26.7 Å². The van der Waals surface area contributed by atoms with Crippen LogP contribution in [0.3, 0.4) is 0 Å². The summed E-state index contributed by atoms with van der Waals surface area (Å²) in [5.74, 6) is -1.45. The predicted octanol–water partition coefficient (Wildman–Crippen LogP) is 4.17. The smallest absolute Gasteiger partial charge is 0.340 e. The second kappa shape index (κ2) is 10.8. The first kappa shape index (κ1) is 30.2. The van der Waals surface area contributed by atoms with Crippen LogP contribution in [0.2, 0.25) is 0 Å². The van der Waals surface area contributed by atoms with Gasteiger partial charge in [-0.2, -0.15) is 10.1 Å². The number of amides is 2. The fourth-order valence-electron chi connectivity index (χ4n) is 6.99. The van der Waals surface area contributed by atoms with E-state index in [9.17, 15) is 14.4 Å². The zero-order valence-electron chi connectivity index (χ0n) is 27.0. The van der Waals surface area contributed by atoms with Crippen molar-refractivity contribution in [2.75, 3.05) is 29.9 Å². The number of likely N-dealkylation sites (N-methyl/N-ethyl adjacent to an activating group) is 1. The van der Waals surface area contributed by atoms with Gasteiger partial charge in [-0.1, -0.05) is 26.5 Å². The van der Waals surface area contributed by atoms with E-state index < -0.39 is 23.5 Å². The average molecular weight is 636 g/mol. The van der Waals surface area contributed by atoms with Crippen LogP contribution in [0, 0.1) is 19.7 Å². The second-order valence-corrected chi connectivity index (χ2v) is 12.6. The third-order valence-electron chi connectivity index (χ3n) is 9.34. The summed E-state index contributed by atoms with van der Waals surface area (Å²) in [6.45, 7) is 13.3. The number of aromatic nitrogens is 6. The maximum absolute atomic E-state index is 17.3. The Morgan fingerprint density at radius 1 is 1.11 bits per heavy atom. The van der Waals surface area contributed by atoms with Gasteiger partial charge in [0.1, 0.15) is 17.6 Å². The number of carbonyl (C=O) groups is 2. The van der Waals surface area contributed by atoms with Crippen molar-refractivity contribution in [1.82, 2.24) is 34.6 Å². The number of rotatable bonds is 4. The van der Waals surface area contributed by atoms with Crippen LogP contribution in [-0.4, -0.2) is 78.7 Å². The van der Waals surface area contributed by atoms with Gasteiger partial charge in [-0.25, -0.2) is 18.7 Å². The fraction of sp³-hybridized carbons (Fsp3) is 0.324. The molecule has 1 aromatic carbocycles. The molecule has 7 rings (SSSR count). The lowest BCUT2D eigenvalue weighted by atomic mass is 9.99. The molecule has 0 bridgehead atoms. The van der Waals surface area contributed by atoms with Crippen LogP contribution in [-0.2, 0) is 9.59 Å². The van der Waals surface area contributed by atoms with E-state index in [1.807, 2.05) is 46.8 Å². The van der Waals surface area contributed by atoms with Gasteiger partial charge in [0.15, 0.2) is 11.5 Å². The van der Waals surface area contributed by atoms with Gasteiger partial charge in [0.2, 0.25) is 5.91 Å². The van der Waals surface area contributed by atoms with E-state index in [0.717, 1.165) is 11.1 Å². The van der Waals surface area contributed by atoms with Crippen molar-refractivity contribution in [2.45, 2.75) is 52.6 Å². The Balaban J connectivity index is 1.65. The van der Waals surface area contributed by atoms with Crippen molar-refractivity contribution >= 4 is 45.3 Å². The highest BCUT2D eigenvalue weighted by atomic mass is 19.1. The number of halogens is 1. The molecule has 1 saturated heterocycles. The van der Waals surface area contributed by atoms with E-state index in [4.69, 9.17) is 4.98 Å². The molecule has 6 heterocycles. The van der Waals surface area contributed by atoms with E-state index >= 15 is 4.39 Å². The number of pyridine rings is 2. The molecule has 12 nitrogen and oxygen atoms in total. The SMILES string of the molecule is C=CC(=O)N1CC2C(=O)N(C)c3c(F)c(-c4c(C)ccc5[nH]ncc45)nc4c3c(nc(=O)n4-c3c(C)ccnc3C(C)C)N2CC1C. The number of carbonyl (C=O) groups excluding carboxylic acids is 2. The summed E-state index contributed by atoms with van der Waals surface area (Å²) in [6.07, 6.45) is 4.50. The van der Waals surface area contributed by atoms with E-state index in [-0.39, 0.29) is 59.2 Å². The monoisotopic (exact) mass is 635 g/mol. The van der Waals surface area contributed by atoms with Crippen LogP contribution in [0.1, 0.15) is 43.5 Å². The number of aryl methyl sites for hydroxylation is 2. The van der Waals surface area contributed by atoms with Gasteiger partial charge in [0.25, 0.3) is 5.91 Å².